The maximum atomic E-state index is 11.9. The van der Waals surface area contributed by atoms with Crippen LogP contribution in [0, 0.1) is 6.92 Å². The lowest BCUT2D eigenvalue weighted by Crippen LogP contribution is -2.42. The molecule has 1 unspecified atom stereocenters. The summed E-state index contributed by atoms with van der Waals surface area (Å²) in [4.78, 5) is 25.1. The molecule has 0 radical (unpaired) electrons. The van der Waals surface area contributed by atoms with Gasteiger partial charge in [0.2, 0.25) is 5.91 Å². The highest BCUT2D eigenvalue weighted by atomic mass is 16.4. The van der Waals surface area contributed by atoms with Crippen molar-refractivity contribution in [1.29, 1.82) is 0 Å². The molecule has 0 aliphatic carbocycles. The molecule has 0 saturated carbocycles. The van der Waals surface area contributed by atoms with Gasteiger partial charge >= 0.3 is 5.97 Å². The first-order valence-electron chi connectivity index (χ1n) is 6.57. The van der Waals surface area contributed by atoms with Crippen LogP contribution in [0.4, 0.5) is 11.4 Å². The second kappa shape index (κ2) is 5.40. The Morgan fingerprint density at radius 2 is 2.15 bits per heavy atom. The van der Waals surface area contributed by atoms with Gasteiger partial charge in [-0.25, -0.2) is 4.79 Å². The van der Waals surface area contributed by atoms with E-state index in [1.807, 2.05) is 11.0 Å². The lowest BCUT2D eigenvalue weighted by Gasteiger charge is -2.26. The summed E-state index contributed by atoms with van der Waals surface area (Å²) in [5, 5.41) is 11.8. The molecule has 1 amide bonds. The Hall–Kier alpha value is -2.24. The number of carbonyl (C=O) groups excluding carboxylic acids is 1. The Bertz CT molecular complexity index is 557. The van der Waals surface area contributed by atoms with Crippen LogP contribution in [0.2, 0.25) is 0 Å². The van der Waals surface area contributed by atoms with Crippen LogP contribution in [0.5, 0.6) is 0 Å². The average Bonchev–Trinajstić information content (AvgIpc) is 2.89. The zero-order valence-electron chi connectivity index (χ0n) is 11.6. The van der Waals surface area contributed by atoms with Crippen molar-refractivity contribution in [1.82, 2.24) is 5.32 Å². The topological polar surface area (TPSA) is 95.7 Å². The number of hydrogen-bond acceptors (Lipinski definition) is 4. The molecule has 1 fully saturated rings. The van der Waals surface area contributed by atoms with E-state index in [-0.39, 0.29) is 23.2 Å². The first-order chi connectivity index (χ1) is 9.45. The second-order valence-corrected chi connectivity index (χ2v) is 4.99. The molecule has 2 rings (SSSR count). The molecule has 1 aliphatic heterocycles. The summed E-state index contributed by atoms with van der Waals surface area (Å²) in [5.41, 5.74) is 7.60. The molecule has 20 heavy (non-hydrogen) atoms. The number of carbonyl (C=O) groups is 2. The van der Waals surface area contributed by atoms with Gasteiger partial charge < -0.3 is 21.1 Å². The van der Waals surface area contributed by atoms with Gasteiger partial charge in [0.15, 0.2) is 0 Å². The standard InChI is InChI=1S/C14H19N3O3/c1-8-6-9(7-10(12(8)15)14(19)20)17-5-3-4-11(17)13(18)16-2/h6-7,11H,3-5,15H2,1-2H3,(H,16,18)(H,19,20). The maximum absolute atomic E-state index is 11.9. The van der Waals surface area contributed by atoms with E-state index in [1.54, 1.807) is 20.0 Å². The van der Waals surface area contributed by atoms with Gasteiger partial charge in [-0.3, -0.25) is 4.79 Å². The van der Waals surface area contributed by atoms with E-state index in [1.165, 1.54) is 0 Å². The molecule has 1 aromatic rings. The lowest BCUT2D eigenvalue weighted by molar-refractivity contribution is -0.121. The van der Waals surface area contributed by atoms with E-state index in [4.69, 9.17) is 5.73 Å². The van der Waals surface area contributed by atoms with Crippen LogP contribution in [0.1, 0.15) is 28.8 Å². The van der Waals surface area contributed by atoms with E-state index in [2.05, 4.69) is 5.32 Å². The van der Waals surface area contributed by atoms with Gasteiger partial charge in [-0.05, 0) is 37.5 Å². The third kappa shape index (κ3) is 2.41. The van der Waals surface area contributed by atoms with Gasteiger partial charge in [-0.15, -0.1) is 0 Å². The van der Waals surface area contributed by atoms with E-state index in [9.17, 15) is 14.7 Å². The molecule has 0 bridgehead atoms. The molecule has 1 aromatic carbocycles. The summed E-state index contributed by atoms with van der Waals surface area (Å²) in [5.74, 6) is -1.10. The normalized spacial score (nSPS) is 18.1. The number of anilines is 2. The number of aromatic carboxylic acids is 1. The van der Waals surface area contributed by atoms with Crippen molar-refractivity contribution in [3.63, 3.8) is 0 Å². The third-order valence-electron chi connectivity index (χ3n) is 3.74. The van der Waals surface area contributed by atoms with Crippen molar-refractivity contribution in [2.75, 3.05) is 24.2 Å². The first kappa shape index (κ1) is 14.2. The smallest absolute Gasteiger partial charge is 0.337 e. The van der Waals surface area contributed by atoms with Crippen LogP contribution < -0.4 is 16.0 Å². The largest absolute Gasteiger partial charge is 0.478 e. The monoisotopic (exact) mass is 277 g/mol. The number of carboxylic acid groups (broad SMARTS) is 1. The molecular weight excluding hydrogens is 258 g/mol. The predicted molar refractivity (Wildman–Crippen MR) is 77.0 cm³/mol. The molecule has 4 N–H and O–H groups in total. The Balaban J connectivity index is 2.42. The number of rotatable bonds is 3. The molecular formula is C14H19N3O3. The zero-order chi connectivity index (χ0) is 14.9. The summed E-state index contributed by atoms with van der Waals surface area (Å²) in [6.45, 7) is 2.51. The number of nitrogen functional groups attached to an aromatic ring is 1. The van der Waals surface area contributed by atoms with Gasteiger partial charge in [-0.1, -0.05) is 0 Å². The molecule has 0 spiro atoms. The SMILES string of the molecule is CNC(=O)C1CCCN1c1cc(C)c(N)c(C(=O)O)c1. The summed E-state index contributed by atoms with van der Waals surface area (Å²) in [6.07, 6.45) is 1.68. The number of carboxylic acids is 1. The minimum absolute atomic E-state index is 0.0474. The highest BCUT2D eigenvalue weighted by molar-refractivity contribution is 5.96. The molecule has 108 valence electrons. The Kier molecular flexibility index (Phi) is 3.83. The molecule has 6 heteroatoms. The minimum Gasteiger partial charge on any atom is -0.478 e. The number of amides is 1. The zero-order valence-corrected chi connectivity index (χ0v) is 11.6. The second-order valence-electron chi connectivity index (χ2n) is 4.99. The van der Waals surface area contributed by atoms with Gasteiger partial charge in [0.05, 0.1) is 5.56 Å². The number of nitrogens with two attached hydrogens (primary N) is 1. The van der Waals surface area contributed by atoms with Crippen LogP contribution in [0.3, 0.4) is 0 Å². The van der Waals surface area contributed by atoms with Crippen molar-refractivity contribution in [3.8, 4) is 0 Å². The fourth-order valence-corrected chi connectivity index (χ4v) is 2.64. The Labute approximate surface area is 117 Å². The van der Waals surface area contributed by atoms with Crippen molar-refractivity contribution in [3.05, 3.63) is 23.3 Å². The van der Waals surface area contributed by atoms with Crippen LogP contribution in [-0.2, 0) is 4.79 Å². The number of aryl methyl sites for hydroxylation is 1. The van der Waals surface area contributed by atoms with E-state index >= 15 is 0 Å². The average molecular weight is 277 g/mol. The van der Waals surface area contributed by atoms with Crippen molar-refractivity contribution in [2.45, 2.75) is 25.8 Å². The number of benzene rings is 1. The maximum Gasteiger partial charge on any atom is 0.337 e. The molecule has 0 aromatic heterocycles. The van der Waals surface area contributed by atoms with Crippen molar-refractivity contribution in [2.24, 2.45) is 0 Å². The van der Waals surface area contributed by atoms with Crippen molar-refractivity contribution < 1.29 is 14.7 Å². The van der Waals surface area contributed by atoms with Crippen LogP contribution in [-0.4, -0.2) is 36.6 Å². The fourth-order valence-electron chi connectivity index (χ4n) is 2.64. The molecule has 1 aliphatic rings. The number of likely N-dealkylation sites (N-methyl/N-ethyl adjacent to an activating group) is 1. The fraction of sp³-hybridized carbons (Fsp3) is 0.429. The summed E-state index contributed by atoms with van der Waals surface area (Å²) in [6, 6.07) is 3.14. The Morgan fingerprint density at radius 1 is 1.45 bits per heavy atom. The summed E-state index contributed by atoms with van der Waals surface area (Å²) >= 11 is 0. The van der Waals surface area contributed by atoms with Gasteiger partial charge in [0, 0.05) is 25.0 Å². The summed E-state index contributed by atoms with van der Waals surface area (Å²) < 4.78 is 0. The Morgan fingerprint density at radius 3 is 2.75 bits per heavy atom. The number of nitrogens with one attached hydrogen (secondary N) is 1. The first-order valence-corrected chi connectivity index (χ1v) is 6.57. The van der Waals surface area contributed by atoms with Crippen LogP contribution in [0.15, 0.2) is 12.1 Å². The highest BCUT2D eigenvalue weighted by Crippen LogP contribution is 2.30. The molecule has 1 saturated heterocycles. The van der Waals surface area contributed by atoms with Gasteiger partial charge in [0.25, 0.3) is 0 Å². The van der Waals surface area contributed by atoms with E-state index < -0.39 is 5.97 Å². The van der Waals surface area contributed by atoms with Crippen LogP contribution in [0.25, 0.3) is 0 Å². The minimum atomic E-state index is -1.05. The van der Waals surface area contributed by atoms with Gasteiger partial charge in [-0.2, -0.15) is 0 Å². The highest BCUT2D eigenvalue weighted by Gasteiger charge is 2.31. The van der Waals surface area contributed by atoms with Crippen LogP contribution >= 0.6 is 0 Å². The molecule has 6 nitrogen and oxygen atoms in total. The number of nitrogens with zero attached hydrogens (tertiary/aromatic N) is 1. The number of hydrogen-bond donors (Lipinski definition) is 3. The van der Waals surface area contributed by atoms with E-state index in [0.29, 0.717) is 5.56 Å². The molecule has 1 heterocycles. The summed E-state index contributed by atoms with van der Waals surface area (Å²) in [7, 11) is 1.61. The predicted octanol–water partition coefficient (Wildman–Crippen LogP) is 0.990. The van der Waals surface area contributed by atoms with E-state index in [0.717, 1.165) is 25.1 Å². The lowest BCUT2D eigenvalue weighted by atomic mass is 10.1. The quantitative estimate of drug-likeness (QED) is 0.716. The molecule has 1 atom stereocenters. The van der Waals surface area contributed by atoms with Crippen molar-refractivity contribution >= 4 is 23.3 Å². The third-order valence-corrected chi connectivity index (χ3v) is 3.74. The van der Waals surface area contributed by atoms with Gasteiger partial charge in [0.1, 0.15) is 6.04 Å².